The Bertz CT molecular complexity index is 1070. The molecule has 6 rings (SSSR count). The second-order valence-corrected chi connectivity index (χ2v) is 8.44. The van der Waals surface area contributed by atoms with Crippen molar-refractivity contribution in [1.29, 1.82) is 0 Å². The molecule has 1 spiro atoms. The van der Waals surface area contributed by atoms with E-state index in [0.29, 0.717) is 24.7 Å². The number of benzene rings is 2. The predicted molar refractivity (Wildman–Crippen MR) is 109 cm³/mol. The average molecular weight is 408 g/mol. The second-order valence-electron chi connectivity index (χ2n) is 8.44. The molecule has 0 N–H and O–H groups in total. The predicted octanol–water partition coefficient (Wildman–Crippen LogP) is 3.75. The molecule has 4 aliphatic heterocycles. The van der Waals surface area contributed by atoms with Gasteiger partial charge in [-0.25, -0.2) is 0 Å². The van der Waals surface area contributed by atoms with Gasteiger partial charge in [-0.2, -0.15) is 0 Å². The maximum absolute atomic E-state index is 6.58. The molecule has 2 aromatic carbocycles. The molecule has 2 aromatic rings. The van der Waals surface area contributed by atoms with Crippen LogP contribution in [0.3, 0.4) is 0 Å². The van der Waals surface area contributed by atoms with Crippen LogP contribution >= 0.6 is 0 Å². The number of hydrogen-bond donors (Lipinski definition) is 0. The van der Waals surface area contributed by atoms with Gasteiger partial charge in [-0.15, -0.1) is 0 Å². The molecule has 6 nitrogen and oxygen atoms in total. The fourth-order valence-corrected chi connectivity index (χ4v) is 5.13. The molecule has 0 amide bonds. The van der Waals surface area contributed by atoms with Gasteiger partial charge in [-0.3, -0.25) is 0 Å². The maximum atomic E-state index is 6.58. The van der Waals surface area contributed by atoms with Crippen LogP contribution < -0.4 is 23.7 Å². The Morgan fingerprint density at radius 3 is 2.57 bits per heavy atom. The summed E-state index contributed by atoms with van der Waals surface area (Å²) < 4.78 is 35.9. The van der Waals surface area contributed by atoms with E-state index in [4.69, 9.17) is 28.4 Å². The molecule has 30 heavy (non-hydrogen) atoms. The smallest absolute Gasteiger partial charge is 0.164 e. The molecule has 156 valence electrons. The monoisotopic (exact) mass is 408 g/mol. The zero-order chi connectivity index (χ0) is 20.6. The zero-order valence-electron chi connectivity index (χ0n) is 17.3. The van der Waals surface area contributed by atoms with Gasteiger partial charge in [0.1, 0.15) is 41.7 Å². The average Bonchev–Trinajstić information content (AvgIpc) is 3.40. The lowest BCUT2D eigenvalue weighted by molar-refractivity contribution is 0.0306. The molecule has 1 fully saturated rings. The summed E-state index contributed by atoms with van der Waals surface area (Å²) in [6.07, 6.45) is 0.606. The van der Waals surface area contributed by atoms with E-state index in [9.17, 15) is 0 Å². The largest absolute Gasteiger partial charge is 0.493 e. The van der Waals surface area contributed by atoms with E-state index in [1.54, 1.807) is 14.2 Å². The third-order valence-electron chi connectivity index (χ3n) is 6.73. The number of rotatable bonds is 3. The van der Waals surface area contributed by atoms with Gasteiger partial charge < -0.3 is 28.4 Å². The van der Waals surface area contributed by atoms with Crippen molar-refractivity contribution in [2.24, 2.45) is 0 Å². The van der Waals surface area contributed by atoms with Crippen LogP contribution in [0.1, 0.15) is 29.5 Å². The fraction of sp³-hybridized carbons (Fsp3) is 0.417. The fourth-order valence-electron chi connectivity index (χ4n) is 5.13. The Hall–Kier alpha value is -2.86. The van der Waals surface area contributed by atoms with Gasteiger partial charge in [0.2, 0.25) is 0 Å². The minimum Gasteiger partial charge on any atom is -0.493 e. The van der Waals surface area contributed by atoms with E-state index in [-0.39, 0.29) is 18.1 Å². The second kappa shape index (κ2) is 6.08. The number of methoxy groups -OCH3 is 2. The first kappa shape index (κ1) is 18.0. The van der Waals surface area contributed by atoms with Gasteiger partial charge in [-0.1, -0.05) is 6.58 Å². The van der Waals surface area contributed by atoms with Crippen molar-refractivity contribution in [3.8, 4) is 28.7 Å². The first-order valence-electron chi connectivity index (χ1n) is 10.2. The van der Waals surface area contributed by atoms with Crippen molar-refractivity contribution in [3.63, 3.8) is 0 Å². The minimum absolute atomic E-state index is 0.0102. The number of hydrogen-bond acceptors (Lipinski definition) is 6. The van der Waals surface area contributed by atoms with Crippen molar-refractivity contribution in [3.05, 3.63) is 53.1 Å². The van der Waals surface area contributed by atoms with Crippen LogP contribution in [-0.4, -0.2) is 39.6 Å². The van der Waals surface area contributed by atoms with E-state index in [1.165, 1.54) is 0 Å². The molecule has 6 heteroatoms. The van der Waals surface area contributed by atoms with Gasteiger partial charge in [-0.05, 0) is 30.7 Å². The summed E-state index contributed by atoms with van der Waals surface area (Å²) >= 11 is 0. The molecule has 0 aromatic heterocycles. The number of epoxide rings is 1. The maximum Gasteiger partial charge on any atom is 0.164 e. The standard InChI is InChI=1S/C24H24O6/c1-12(2)17-8-14-16(29-17)6-5-15-23(14)30-21-10-27-18-9-20(26-4)19(25-3)7-13(18)22(21)24(15)11-28-24/h5-7,9,17,21-22H,1,8,10-11H2,2-4H3/t17-,21-,22+,24?/m1/s1. The molecule has 4 aliphatic rings. The molecular formula is C24H24O6. The summed E-state index contributed by atoms with van der Waals surface area (Å²) in [6.45, 7) is 7.17. The van der Waals surface area contributed by atoms with Crippen molar-refractivity contribution in [2.75, 3.05) is 27.4 Å². The molecular weight excluding hydrogens is 384 g/mol. The number of fused-ring (bicyclic) bond motifs is 8. The zero-order valence-corrected chi connectivity index (χ0v) is 17.3. The first-order chi connectivity index (χ1) is 14.6. The first-order valence-corrected chi connectivity index (χ1v) is 10.2. The Balaban J connectivity index is 1.47. The Labute approximate surface area is 175 Å². The van der Waals surface area contributed by atoms with Crippen LogP contribution in [0.25, 0.3) is 0 Å². The van der Waals surface area contributed by atoms with Gasteiger partial charge >= 0.3 is 0 Å². The van der Waals surface area contributed by atoms with Crippen molar-refractivity contribution >= 4 is 0 Å². The summed E-state index contributed by atoms with van der Waals surface area (Å²) in [4.78, 5) is 0. The molecule has 0 saturated carbocycles. The Morgan fingerprint density at radius 2 is 1.87 bits per heavy atom. The van der Waals surface area contributed by atoms with E-state index in [0.717, 1.165) is 45.9 Å². The van der Waals surface area contributed by atoms with Gasteiger partial charge in [0.05, 0.1) is 26.7 Å². The summed E-state index contributed by atoms with van der Waals surface area (Å²) in [5, 5.41) is 0. The van der Waals surface area contributed by atoms with Crippen LogP contribution in [0.5, 0.6) is 28.7 Å². The normalized spacial score (nSPS) is 29.4. The molecule has 4 atom stereocenters. The molecule has 0 bridgehead atoms. The minimum atomic E-state index is -0.410. The summed E-state index contributed by atoms with van der Waals surface area (Å²) in [5.74, 6) is 3.91. The van der Waals surface area contributed by atoms with Crippen molar-refractivity contribution in [2.45, 2.75) is 37.1 Å². The van der Waals surface area contributed by atoms with Gasteiger partial charge in [0.25, 0.3) is 0 Å². The lowest BCUT2D eigenvalue weighted by Gasteiger charge is -2.42. The molecule has 4 heterocycles. The third-order valence-corrected chi connectivity index (χ3v) is 6.73. The molecule has 0 radical (unpaired) electrons. The Kier molecular flexibility index (Phi) is 3.64. The lowest BCUT2D eigenvalue weighted by Crippen LogP contribution is -2.45. The van der Waals surface area contributed by atoms with Gasteiger partial charge in [0, 0.05) is 29.2 Å². The summed E-state index contributed by atoms with van der Waals surface area (Å²) in [6, 6.07) is 8.02. The van der Waals surface area contributed by atoms with Crippen molar-refractivity contribution in [1.82, 2.24) is 0 Å². The van der Waals surface area contributed by atoms with E-state index in [1.807, 2.05) is 25.1 Å². The van der Waals surface area contributed by atoms with E-state index >= 15 is 0 Å². The quantitative estimate of drug-likeness (QED) is 0.570. The SMILES string of the molecule is C=C(C)[C@H]1Cc2c(ccc3c2O[C@@H]2COc4cc(OC)c(OC)cc4[C@@H]2C32CO2)O1. The molecule has 0 aliphatic carbocycles. The lowest BCUT2D eigenvalue weighted by atomic mass is 9.74. The van der Waals surface area contributed by atoms with E-state index in [2.05, 4.69) is 12.6 Å². The highest BCUT2D eigenvalue weighted by atomic mass is 16.6. The van der Waals surface area contributed by atoms with Gasteiger partial charge in [0.15, 0.2) is 11.5 Å². The van der Waals surface area contributed by atoms with E-state index < -0.39 is 5.60 Å². The summed E-state index contributed by atoms with van der Waals surface area (Å²) in [7, 11) is 3.27. The molecule has 1 unspecified atom stereocenters. The Morgan fingerprint density at radius 1 is 1.10 bits per heavy atom. The number of ether oxygens (including phenoxy) is 6. The van der Waals surface area contributed by atoms with Crippen LogP contribution in [0, 0.1) is 0 Å². The highest BCUT2D eigenvalue weighted by molar-refractivity contribution is 5.61. The summed E-state index contributed by atoms with van der Waals surface area (Å²) in [5.41, 5.74) is 3.83. The van der Waals surface area contributed by atoms with Crippen LogP contribution in [0.4, 0.5) is 0 Å². The third kappa shape index (κ3) is 2.28. The van der Waals surface area contributed by atoms with Crippen molar-refractivity contribution < 1.29 is 28.4 Å². The van der Waals surface area contributed by atoms with Crippen LogP contribution in [0.2, 0.25) is 0 Å². The van der Waals surface area contributed by atoms with Crippen LogP contribution in [0.15, 0.2) is 36.4 Å². The molecule has 1 saturated heterocycles. The highest BCUT2D eigenvalue weighted by Crippen LogP contribution is 2.62. The topological polar surface area (TPSA) is 58.7 Å². The van der Waals surface area contributed by atoms with Crippen LogP contribution in [-0.2, 0) is 16.8 Å². The highest BCUT2D eigenvalue weighted by Gasteiger charge is 2.63.